The van der Waals surface area contributed by atoms with Crippen molar-refractivity contribution in [3.05, 3.63) is 35.3 Å². The molecular formula is C11H15NO3. The standard InChI is InChI=1S/C11H15NO3/c1-7(2)5-12-6-9-4-10(11(13)14)15-8(9)3/h4,12H,1,5-6H2,2-3H3,(H,13,14). The van der Waals surface area contributed by atoms with Crippen molar-refractivity contribution in [3.63, 3.8) is 0 Å². The number of carboxylic acids is 1. The van der Waals surface area contributed by atoms with E-state index in [1.165, 1.54) is 0 Å². The fourth-order valence-electron chi connectivity index (χ4n) is 1.21. The Hall–Kier alpha value is -1.55. The molecule has 1 rings (SSSR count). The molecule has 0 amide bonds. The number of aromatic carboxylic acids is 1. The second-order valence-electron chi connectivity index (χ2n) is 3.56. The topological polar surface area (TPSA) is 62.5 Å². The van der Waals surface area contributed by atoms with Gasteiger partial charge < -0.3 is 14.8 Å². The van der Waals surface area contributed by atoms with Gasteiger partial charge in [0.25, 0.3) is 0 Å². The van der Waals surface area contributed by atoms with Crippen LogP contribution in [0.25, 0.3) is 0 Å². The van der Waals surface area contributed by atoms with Crippen LogP contribution in [0.5, 0.6) is 0 Å². The SMILES string of the molecule is C=C(C)CNCc1cc(C(=O)O)oc1C. The van der Waals surface area contributed by atoms with E-state index in [9.17, 15) is 4.79 Å². The molecule has 0 atom stereocenters. The molecule has 0 fully saturated rings. The van der Waals surface area contributed by atoms with Gasteiger partial charge in [0.2, 0.25) is 5.76 Å². The lowest BCUT2D eigenvalue weighted by atomic mass is 10.2. The van der Waals surface area contributed by atoms with Crippen LogP contribution in [0.1, 0.15) is 28.8 Å². The summed E-state index contributed by atoms with van der Waals surface area (Å²) in [6.07, 6.45) is 0. The van der Waals surface area contributed by atoms with E-state index in [0.29, 0.717) is 18.8 Å². The van der Waals surface area contributed by atoms with Crippen molar-refractivity contribution < 1.29 is 14.3 Å². The normalized spacial score (nSPS) is 10.3. The molecule has 82 valence electrons. The highest BCUT2D eigenvalue weighted by atomic mass is 16.4. The lowest BCUT2D eigenvalue weighted by molar-refractivity contribution is 0.0661. The second-order valence-corrected chi connectivity index (χ2v) is 3.56. The predicted octanol–water partition coefficient (Wildman–Crippen LogP) is 1.95. The van der Waals surface area contributed by atoms with Crippen molar-refractivity contribution in [2.75, 3.05) is 6.54 Å². The lowest BCUT2D eigenvalue weighted by Gasteiger charge is -2.01. The highest BCUT2D eigenvalue weighted by Gasteiger charge is 2.12. The zero-order chi connectivity index (χ0) is 11.4. The second kappa shape index (κ2) is 4.79. The smallest absolute Gasteiger partial charge is 0.371 e. The molecule has 2 N–H and O–H groups in total. The Morgan fingerprint density at radius 1 is 1.67 bits per heavy atom. The number of hydrogen-bond acceptors (Lipinski definition) is 3. The van der Waals surface area contributed by atoms with Gasteiger partial charge in [0.1, 0.15) is 5.76 Å². The van der Waals surface area contributed by atoms with Gasteiger partial charge in [-0.15, -0.1) is 0 Å². The summed E-state index contributed by atoms with van der Waals surface area (Å²) in [6, 6.07) is 1.54. The Morgan fingerprint density at radius 2 is 2.33 bits per heavy atom. The van der Waals surface area contributed by atoms with Gasteiger partial charge in [-0.1, -0.05) is 12.2 Å². The summed E-state index contributed by atoms with van der Waals surface area (Å²) < 4.78 is 5.07. The number of carboxylic acid groups (broad SMARTS) is 1. The van der Waals surface area contributed by atoms with Crippen LogP contribution < -0.4 is 5.32 Å². The molecular weight excluding hydrogens is 194 g/mol. The van der Waals surface area contributed by atoms with Gasteiger partial charge in [-0.25, -0.2) is 4.79 Å². The van der Waals surface area contributed by atoms with Crippen molar-refractivity contribution in [3.8, 4) is 0 Å². The van der Waals surface area contributed by atoms with Crippen LogP contribution in [-0.4, -0.2) is 17.6 Å². The summed E-state index contributed by atoms with van der Waals surface area (Å²) in [5.74, 6) is -0.412. The Bertz CT molecular complexity index is 379. The molecule has 0 saturated heterocycles. The first-order chi connectivity index (χ1) is 7.00. The minimum atomic E-state index is -1.04. The minimum Gasteiger partial charge on any atom is -0.475 e. The van der Waals surface area contributed by atoms with Crippen LogP contribution in [0.15, 0.2) is 22.6 Å². The molecule has 0 aliphatic heterocycles. The Kier molecular flexibility index (Phi) is 3.68. The third kappa shape index (κ3) is 3.25. The van der Waals surface area contributed by atoms with Gasteiger partial charge in [0, 0.05) is 18.7 Å². The summed E-state index contributed by atoms with van der Waals surface area (Å²) in [5, 5.41) is 11.8. The number of aryl methyl sites for hydroxylation is 1. The first-order valence-corrected chi connectivity index (χ1v) is 4.68. The summed E-state index contributed by atoms with van der Waals surface area (Å²) in [4.78, 5) is 10.6. The first kappa shape index (κ1) is 11.5. The molecule has 1 heterocycles. The third-order valence-corrected chi connectivity index (χ3v) is 1.97. The van der Waals surface area contributed by atoms with E-state index in [4.69, 9.17) is 9.52 Å². The van der Waals surface area contributed by atoms with Crippen LogP contribution in [-0.2, 0) is 6.54 Å². The zero-order valence-electron chi connectivity index (χ0n) is 8.96. The van der Waals surface area contributed by atoms with E-state index in [2.05, 4.69) is 11.9 Å². The maximum Gasteiger partial charge on any atom is 0.371 e. The van der Waals surface area contributed by atoms with Crippen LogP contribution in [0, 0.1) is 6.92 Å². The Labute approximate surface area is 88.6 Å². The van der Waals surface area contributed by atoms with E-state index in [1.54, 1.807) is 13.0 Å². The average Bonchev–Trinajstić information content (AvgIpc) is 2.47. The fourth-order valence-corrected chi connectivity index (χ4v) is 1.21. The van der Waals surface area contributed by atoms with Gasteiger partial charge in [-0.3, -0.25) is 0 Å². The minimum absolute atomic E-state index is 0.0142. The highest BCUT2D eigenvalue weighted by molar-refractivity contribution is 5.84. The summed E-state index contributed by atoms with van der Waals surface area (Å²) in [6.45, 7) is 8.75. The third-order valence-electron chi connectivity index (χ3n) is 1.97. The largest absolute Gasteiger partial charge is 0.475 e. The predicted molar refractivity (Wildman–Crippen MR) is 56.9 cm³/mol. The molecule has 0 saturated carbocycles. The maximum atomic E-state index is 10.6. The molecule has 4 heteroatoms. The van der Waals surface area contributed by atoms with E-state index in [-0.39, 0.29) is 5.76 Å². The Balaban J connectivity index is 2.61. The lowest BCUT2D eigenvalue weighted by Crippen LogP contribution is -2.15. The molecule has 0 bridgehead atoms. The van der Waals surface area contributed by atoms with Crippen LogP contribution in [0.2, 0.25) is 0 Å². The molecule has 0 unspecified atom stereocenters. The van der Waals surface area contributed by atoms with Gasteiger partial charge in [0.05, 0.1) is 0 Å². The molecule has 0 aliphatic rings. The van der Waals surface area contributed by atoms with Crippen molar-refractivity contribution in [1.82, 2.24) is 5.32 Å². The number of carbonyl (C=O) groups is 1. The maximum absolute atomic E-state index is 10.6. The van der Waals surface area contributed by atoms with Crippen molar-refractivity contribution in [2.24, 2.45) is 0 Å². The van der Waals surface area contributed by atoms with Gasteiger partial charge in [-0.05, 0) is 19.9 Å². The van der Waals surface area contributed by atoms with E-state index in [0.717, 1.165) is 11.1 Å². The van der Waals surface area contributed by atoms with E-state index >= 15 is 0 Å². The van der Waals surface area contributed by atoms with E-state index < -0.39 is 5.97 Å². The van der Waals surface area contributed by atoms with Gasteiger partial charge >= 0.3 is 5.97 Å². The molecule has 1 aromatic rings. The fraction of sp³-hybridized carbons (Fsp3) is 0.364. The van der Waals surface area contributed by atoms with Crippen molar-refractivity contribution >= 4 is 5.97 Å². The van der Waals surface area contributed by atoms with Crippen molar-refractivity contribution in [2.45, 2.75) is 20.4 Å². The quantitative estimate of drug-likeness (QED) is 0.727. The monoisotopic (exact) mass is 209 g/mol. The number of rotatable bonds is 5. The molecule has 0 radical (unpaired) electrons. The van der Waals surface area contributed by atoms with Crippen LogP contribution in [0.3, 0.4) is 0 Å². The van der Waals surface area contributed by atoms with Gasteiger partial charge in [-0.2, -0.15) is 0 Å². The zero-order valence-corrected chi connectivity index (χ0v) is 8.96. The molecule has 0 spiro atoms. The average molecular weight is 209 g/mol. The highest BCUT2D eigenvalue weighted by Crippen LogP contribution is 2.14. The van der Waals surface area contributed by atoms with Gasteiger partial charge in [0.15, 0.2) is 0 Å². The first-order valence-electron chi connectivity index (χ1n) is 4.68. The van der Waals surface area contributed by atoms with Crippen molar-refractivity contribution in [1.29, 1.82) is 0 Å². The molecule has 1 aromatic heterocycles. The summed E-state index contributed by atoms with van der Waals surface area (Å²) in [7, 11) is 0. The summed E-state index contributed by atoms with van der Waals surface area (Å²) >= 11 is 0. The molecule has 4 nitrogen and oxygen atoms in total. The molecule has 15 heavy (non-hydrogen) atoms. The van der Waals surface area contributed by atoms with Crippen LogP contribution in [0.4, 0.5) is 0 Å². The number of nitrogens with one attached hydrogen (secondary N) is 1. The number of furan rings is 1. The van der Waals surface area contributed by atoms with E-state index in [1.807, 2.05) is 6.92 Å². The molecule has 0 aromatic carbocycles. The summed E-state index contributed by atoms with van der Waals surface area (Å²) in [5.41, 5.74) is 1.91. The van der Waals surface area contributed by atoms with Crippen LogP contribution >= 0.6 is 0 Å². The Morgan fingerprint density at radius 3 is 2.80 bits per heavy atom. The molecule has 0 aliphatic carbocycles. The number of hydrogen-bond donors (Lipinski definition) is 2.